The van der Waals surface area contributed by atoms with Gasteiger partial charge in [0.15, 0.2) is 5.75 Å². The maximum absolute atomic E-state index is 13.2. The molecule has 34 heavy (non-hydrogen) atoms. The van der Waals surface area contributed by atoms with Gasteiger partial charge < -0.3 is 14.9 Å². The molecule has 2 N–H and O–H groups in total. The number of phenols is 1. The fourth-order valence-corrected chi connectivity index (χ4v) is 4.65. The Labute approximate surface area is 206 Å². The molecular formula is C26H21Cl2NO5. The summed E-state index contributed by atoms with van der Waals surface area (Å²) in [5, 5.41) is 21.3. The molecule has 4 rings (SSSR count). The fraction of sp³-hybridized carbons (Fsp3) is 0.154. The number of halogens is 2. The van der Waals surface area contributed by atoms with Crippen LogP contribution in [0.5, 0.6) is 11.5 Å². The zero-order valence-electron chi connectivity index (χ0n) is 18.4. The minimum Gasteiger partial charge on any atom is -0.508 e. The number of methoxy groups -OCH3 is 1. The lowest BCUT2D eigenvalue weighted by molar-refractivity contribution is -0.132. The molecule has 3 aromatic rings. The summed E-state index contributed by atoms with van der Waals surface area (Å²) in [4.78, 5) is 27.8. The van der Waals surface area contributed by atoms with Crippen LogP contribution in [0.25, 0.3) is 5.76 Å². The number of anilines is 1. The SMILES string of the molecule is CCc1ccc(N2C(=O)C(=O)/C(=C(/O)c3cc(Cl)c(OC)c(Cl)c3)C2c2ccc(O)cc2)cc1. The number of ether oxygens (including phenoxy) is 1. The molecule has 1 atom stereocenters. The van der Waals surface area contributed by atoms with Gasteiger partial charge in [0.1, 0.15) is 11.5 Å². The van der Waals surface area contributed by atoms with Crippen LogP contribution in [0.15, 0.2) is 66.2 Å². The van der Waals surface area contributed by atoms with Crippen molar-refractivity contribution in [2.75, 3.05) is 12.0 Å². The largest absolute Gasteiger partial charge is 0.508 e. The summed E-state index contributed by atoms with van der Waals surface area (Å²) in [6, 6.07) is 15.3. The molecule has 1 aliphatic rings. The van der Waals surface area contributed by atoms with Gasteiger partial charge in [-0.1, -0.05) is 54.4 Å². The highest BCUT2D eigenvalue weighted by molar-refractivity contribution is 6.51. The van der Waals surface area contributed by atoms with E-state index in [-0.39, 0.29) is 32.7 Å². The van der Waals surface area contributed by atoms with E-state index in [1.807, 2.05) is 19.1 Å². The summed E-state index contributed by atoms with van der Waals surface area (Å²) in [5.41, 5.74) is 2.15. The summed E-state index contributed by atoms with van der Waals surface area (Å²) in [7, 11) is 1.41. The van der Waals surface area contributed by atoms with Gasteiger partial charge in [-0.25, -0.2) is 0 Å². The second-order valence-corrected chi connectivity index (χ2v) is 8.57. The van der Waals surface area contributed by atoms with Gasteiger partial charge in [0.25, 0.3) is 11.7 Å². The van der Waals surface area contributed by atoms with Crippen molar-refractivity contribution in [1.82, 2.24) is 0 Å². The monoisotopic (exact) mass is 497 g/mol. The summed E-state index contributed by atoms with van der Waals surface area (Å²) < 4.78 is 5.15. The lowest BCUT2D eigenvalue weighted by atomic mass is 9.95. The smallest absolute Gasteiger partial charge is 0.300 e. The molecule has 1 aliphatic heterocycles. The first-order valence-electron chi connectivity index (χ1n) is 10.5. The number of carbonyl (C=O) groups is 2. The average Bonchev–Trinajstić information content (AvgIpc) is 3.09. The second-order valence-electron chi connectivity index (χ2n) is 7.75. The third-order valence-corrected chi connectivity index (χ3v) is 6.31. The Hall–Kier alpha value is -3.48. The standard InChI is InChI=1S/C26H21Cl2NO5/c1-3-14-4-8-17(9-5-14)29-22(15-6-10-18(30)11-7-15)21(24(32)26(29)33)23(31)16-12-19(27)25(34-2)20(28)13-16/h4-13,22,30-31H,3H2,1-2H3/b23-21+. The van der Waals surface area contributed by atoms with E-state index in [4.69, 9.17) is 27.9 Å². The van der Waals surface area contributed by atoms with Gasteiger partial charge in [-0.15, -0.1) is 0 Å². The van der Waals surface area contributed by atoms with Crippen LogP contribution < -0.4 is 9.64 Å². The number of ketones is 1. The number of aryl methyl sites for hydroxylation is 1. The molecule has 3 aromatic carbocycles. The number of hydrogen-bond acceptors (Lipinski definition) is 5. The molecule has 0 aliphatic carbocycles. The molecule has 1 saturated heterocycles. The maximum Gasteiger partial charge on any atom is 0.300 e. The van der Waals surface area contributed by atoms with Crippen molar-refractivity contribution in [2.45, 2.75) is 19.4 Å². The van der Waals surface area contributed by atoms with Crippen LogP contribution in [-0.2, 0) is 16.0 Å². The number of phenolic OH excluding ortho intramolecular Hbond substituents is 1. The molecule has 1 heterocycles. The topological polar surface area (TPSA) is 87.1 Å². The first kappa shape index (κ1) is 23.7. The molecule has 1 fully saturated rings. The average molecular weight is 498 g/mol. The highest BCUT2D eigenvalue weighted by atomic mass is 35.5. The Morgan fingerprint density at radius 3 is 2.12 bits per heavy atom. The number of amides is 1. The minimum atomic E-state index is -0.937. The highest BCUT2D eigenvalue weighted by Crippen LogP contribution is 2.44. The maximum atomic E-state index is 13.2. The zero-order valence-corrected chi connectivity index (χ0v) is 19.9. The van der Waals surface area contributed by atoms with E-state index < -0.39 is 23.5 Å². The van der Waals surface area contributed by atoms with Crippen LogP contribution in [0.2, 0.25) is 10.0 Å². The van der Waals surface area contributed by atoms with Gasteiger partial charge >= 0.3 is 0 Å². The van der Waals surface area contributed by atoms with Crippen molar-refractivity contribution in [3.05, 3.63) is 93.0 Å². The number of Topliss-reactive ketones (excluding diaryl/α,β-unsaturated/α-hetero) is 1. The number of aliphatic hydroxyl groups is 1. The van der Waals surface area contributed by atoms with Gasteiger partial charge in [-0.3, -0.25) is 14.5 Å². The fourth-order valence-electron chi connectivity index (χ4n) is 4.01. The van der Waals surface area contributed by atoms with E-state index in [1.165, 1.54) is 36.3 Å². The Kier molecular flexibility index (Phi) is 6.55. The molecule has 1 amide bonds. The number of rotatable bonds is 5. The Morgan fingerprint density at radius 2 is 1.59 bits per heavy atom. The molecular weight excluding hydrogens is 477 g/mol. The van der Waals surface area contributed by atoms with Crippen LogP contribution in [0.1, 0.15) is 29.7 Å². The third kappa shape index (κ3) is 4.11. The van der Waals surface area contributed by atoms with Crippen LogP contribution in [0.4, 0.5) is 5.69 Å². The lowest BCUT2D eigenvalue weighted by Crippen LogP contribution is -2.29. The van der Waals surface area contributed by atoms with Gasteiger partial charge in [0.2, 0.25) is 0 Å². The third-order valence-electron chi connectivity index (χ3n) is 5.75. The predicted octanol–water partition coefficient (Wildman–Crippen LogP) is 5.90. The molecule has 0 saturated carbocycles. The summed E-state index contributed by atoms with van der Waals surface area (Å²) in [6.45, 7) is 2.02. The van der Waals surface area contributed by atoms with Crippen molar-refractivity contribution in [1.29, 1.82) is 0 Å². The van der Waals surface area contributed by atoms with E-state index in [0.717, 1.165) is 12.0 Å². The molecule has 0 spiro atoms. The van der Waals surface area contributed by atoms with Crippen molar-refractivity contribution >= 4 is 46.3 Å². The molecule has 0 bridgehead atoms. The molecule has 0 aromatic heterocycles. The molecule has 8 heteroatoms. The molecule has 0 radical (unpaired) electrons. The van der Waals surface area contributed by atoms with Crippen LogP contribution in [0.3, 0.4) is 0 Å². The second kappa shape index (κ2) is 9.41. The van der Waals surface area contributed by atoms with E-state index in [0.29, 0.717) is 11.3 Å². The summed E-state index contributed by atoms with van der Waals surface area (Å²) in [5.74, 6) is -1.79. The normalized spacial score (nSPS) is 17.3. The van der Waals surface area contributed by atoms with Crippen molar-refractivity contribution in [3.63, 3.8) is 0 Å². The van der Waals surface area contributed by atoms with E-state index in [9.17, 15) is 19.8 Å². The first-order chi connectivity index (χ1) is 16.3. The lowest BCUT2D eigenvalue weighted by Gasteiger charge is -2.25. The van der Waals surface area contributed by atoms with Gasteiger partial charge in [-0.05, 0) is 53.9 Å². The van der Waals surface area contributed by atoms with Gasteiger partial charge in [-0.2, -0.15) is 0 Å². The Bertz CT molecular complexity index is 1280. The Morgan fingerprint density at radius 1 is 1.00 bits per heavy atom. The van der Waals surface area contributed by atoms with Gasteiger partial charge in [0, 0.05) is 11.3 Å². The van der Waals surface area contributed by atoms with Crippen molar-refractivity contribution in [3.8, 4) is 11.5 Å². The summed E-state index contributed by atoms with van der Waals surface area (Å²) >= 11 is 12.5. The summed E-state index contributed by atoms with van der Waals surface area (Å²) in [6.07, 6.45) is 0.819. The van der Waals surface area contributed by atoms with E-state index in [1.54, 1.807) is 24.3 Å². The van der Waals surface area contributed by atoms with Crippen LogP contribution >= 0.6 is 23.2 Å². The number of benzene rings is 3. The number of hydrogen-bond donors (Lipinski definition) is 2. The van der Waals surface area contributed by atoms with Crippen molar-refractivity contribution in [2.24, 2.45) is 0 Å². The number of nitrogens with zero attached hydrogens (tertiary/aromatic N) is 1. The molecule has 6 nitrogen and oxygen atoms in total. The zero-order chi connectivity index (χ0) is 24.6. The minimum absolute atomic E-state index is 0.0294. The first-order valence-corrected chi connectivity index (χ1v) is 11.2. The van der Waals surface area contributed by atoms with Gasteiger partial charge in [0.05, 0.1) is 28.8 Å². The predicted molar refractivity (Wildman–Crippen MR) is 132 cm³/mol. The quantitative estimate of drug-likeness (QED) is 0.260. The van der Waals surface area contributed by atoms with Crippen LogP contribution in [0, 0.1) is 0 Å². The van der Waals surface area contributed by atoms with E-state index in [2.05, 4.69) is 0 Å². The molecule has 174 valence electrons. The van der Waals surface area contributed by atoms with E-state index >= 15 is 0 Å². The van der Waals surface area contributed by atoms with Crippen molar-refractivity contribution < 1.29 is 24.5 Å². The number of carbonyl (C=O) groups excluding carboxylic acids is 2. The molecule has 1 unspecified atom stereocenters. The number of aliphatic hydroxyl groups excluding tert-OH is 1. The Balaban J connectivity index is 1.93. The highest BCUT2D eigenvalue weighted by Gasteiger charge is 2.47. The number of aromatic hydroxyl groups is 1. The van der Waals surface area contributed by atoms with Crippen LogP contribution in [-0.4, -0.2) is 29.0 Å².